The Morgan fingerprint density at radius 3 is 2.19 bits per heavy atom. The van der Waals surface area contributed by atoms with Crippen LogP contribution in [0.5, 0.6) is 0 Å². The molecule has 0 fully saturated rings. The maximum Gasteiger partial charge on any atom is 0.425 e. The van der Waals surface area contributed by atoms with Crippen LogP contribution in [-0.4, -0.2) is 51.1 Å². The number of nitrogens with zero attached hydrogens (tertiary/aromatic N) is 3. The number of hydrogen-bond acceptors (Lipinski definition) is 5. The van der Waals surface area contributed by atoms with Crippen LogP contribution in [0.25, 0.3) is 0 Å². The number of hydrogen-bond donors (Lipinski definition) is 1. The Kier molecular flexibility index (Phi) is 7.44. The fraction of sp³-hybridized carbons (Fsp3) is 0.346. The summed E-state index contributed by atoms with van der Waals surface area (Å²) in [7, 11) is 0. The predicted octanol–water partition coefficient (Wildman–Crippen LogP) is 4.00. The molecule has 1 N–H and O–H groups in total. The van der Waals surface area contributed by atoms with Crippen molar-refractivity contribution in [2.45, 2.75) is 44.6 Å². The van der Waals surface area contributed by atoms with E-state index in [2.05, 4.69) is 9.72 Å². The molecule has 0 saturated heterocycles. The van der Waals surface area contributed by atoms with Crippen LogP contribution in [0.3, 0.4) is 0 Å². The smallest absolute Gasteiger partial charge is 0.425 e. The van der Waals surface area contributed by atoms with Crippen LogP contribution in [0.1, 0.15) is 40.7 Å². The van der Waals surface area contributed by atoms with Gasteiger partial charge in [-0.25, -0.2) is 9.78 Å². The van der Waals surface area contributed by atoms with Crippen LogP contribution < -0.4 is 5.56 Å². The summed E-state index contributed by atoms with van der Waals surface area (Å²) >= 11 is 0. The minimum absolute atomic E-state index is 0.0108. The van der Waals surface area contributed by atoms with Gasteiger partial charge in [-0.3, -0.25) is 9.36 Å². The first-order chi connectivity index (χ1) is 17.2. The number of aliphatic hydroxyl groups is 1. The third-order valence-electron chi connectivity index (χ3n) is 6.19. The highest BCUT2D eigenvalue weighted by atomic mass is 19.4. The first-order valence-corrected chi connectivity index (χ1v) is 11.5. The number of carbonyl (C=O) groups is 1. The summed E-state index contributed by atoms with van der Waals surface area (Å²) in [6.07, 6.45) is -8.98. The molecule has 0 saturated carbocycles. The molecule has 36 heavy (non-hydrogen) atoms. The van der Waals surface area contributed by atoms with Crippen molar-refractivity contribution in [3.63, 3.8) is 0 Å². The maximum atomic E-state index is 13.7. The summed E-state index contributed by atoms with van der Waals surface area (Å²) in [5, 5.41) is 8.90. The summed E-state index contributed by atoms with van der Waals surface area (Å²) < 4.78 is 45.6. The first-order valence-electron chi connectivity index (χ1n) is 11.5. The van der Waals surface area contributed by atoms with E-state index in [4.69, 9.17) is 5.11 Å². The average Bonchev–Trinajstić information content (AvgIpc) is 2.86. The molecule has 1 amide bonds. The van der Waals surface area contributed by atoms with Crippen molar-refractivity contribution in [3.8, 4) is 0 Å². The third kappa shape index (κ3) is 5.28. The van der Waals surface area contributed by atoms with Gasteiger partial charge >= 0.3 is 12.3 Å². The fourth-order valence-electron chi connectivity index (χ4n) is 4.45. The Bertz CT molecular complexity index is 1220. The van der Waals surface area contributed by atoms with E-state index in [0.717, 1.165) is 16.0 Å². The molecule has 2 aromatic carbocycles. The lowest BCUT2D eigenvalue weighted by Gasteiger charge is -2.31. The van der Waals surface area contributed by atoms with Crippen LogP contribution in [-0.2, 0) is 17.7 Å². The zero-order valence-corrected chi connectivity index (χ0v) is 19.6. The summed E-state index contributed by atoms with van der Waals surface area (Å²) in [6.45, 7) is 0.788. The first kappa shape index (κ1) is 25.4. The number of aromatic nitrogens is 2. The molecule has 3 aromatic rings. The molecule has 1 aliphatic heterocycles. The molecule has 10 heteroatoms. The largest absolute Gasteiger partial charge is 0.436 e. The normalized spacial score (nSPS) is 14.4. The van der Waals surface area contributed by atoms with Crippen molar-refractivity contribution in [1.29, 1.82) is 0 Å². The average molecular weight is 502 g/mol. The Morgan fingerprint density at radius 2 is 1.67 bits per heavy atom. The number of rotatable bonds is 6. The van der Waals surface area contributed by atoms with Gasteiger partial charge in [0.1, 0.15) is 5.82 Å². The quantitative estimate of drug-likeness (QED) is 0.552. The number of carbonyl (C=O) groups excluding carboxylic acids is 1. The number of aliphatic hydroxyl groups excluding tert-OH is 1. The maximum absolute atomic E-state index is 13.7. The highest BCUT2D eigenvalue weighted by Crippen LogP contribution is 2.29. The van der Waals surface area contributed by atoms with Crippen molar-refractivity contribution in [3.05, 3.63) is 99.2 Å². The molecular formula is C26H26F3N3O4. The molecular weight excluding hydrogens is 475 g/mol. The highest BCUT2D eigenvalue weighted by Gasteiger charge is 2.43. The number of halogens is 3. The molecule has 0 radical (unpaired) electrons. The van der Waals surface area contributed by atoms with E-state index in [0.29, 0.717) is 17.1 Å². The van der Waals surface area contributed by atoms with Crippen molar-refractivity contribution in [1.82, 2.24) is 14.5 Å². The number of benzene rings is 2. The molecule has 0 spiro atoms. The molecule has 1 aliphatic rings. The SMILES string of the molecule is Cc1nc2c(c(=O)n1C(c1ccccc1)c1ccccc1)CCN(C(=O)OC(CCO)C(F)(F)F)C2. The topological polar surface area (TPSA) is 84.7 Å². The van der Waals surface area contributed by atoms with E-state index < -0.39 is 37.4 Å². The number of ether oxygens (including phenoxy) is 1. The molecule has 7 nitrogen and oxygen atoms in total. The number of aryl methyl sites for hydroxylation is 1. The van der Waals surface area contributed by atoms with E-state index in [-0.39, 0.29) is 25.1 Å². The van der Waals surface area contributed by atoms with Crippen LogP contribution in [0, 0.1) is 6.92 Å². The zero-order valence-electron chi connectivity index (χ0n) is 19.6. The second-order valence-corrected chi connectivity index (χ2v) is 8.58. The molecule has 0 bridgehead atoms. The fourth-order valence-corrected chi connectivity index (χ4v) is 4.45. The summed E-state index contributed by atoms with van der Waals surface area (Å²) in [4.78, 5) is 31.9. The molecule has 190 valence electrons. The van der Waals surface area contributed by atoms with E-state index in [1.165, 1.54) is 0 Å². The second kappa shape index (κ2) is 10.5. The van der Waals surface area contributed by atoms with Gasteiger partial charge in [0.2, 0.25) is 6.10 Å². The summed E-state index contributed by atoms with van der Waals surface area (Å²) in [5.41, 5.74) is 2.31. The van der Waals surface area contributed by atoms with Crippen LogP contribution in [0.2, 0.25) is 0 Å². The van der Waals surface area contributed by atoms with Gasteiger partial charge in [0, 0.05) is 25.1 Å². The van der Waals surface area contributed by atoms with Crippen molar-refractivity contribution in [2.75, 3.05) is 13.2 Å². The Labute approximate surface area is 205 Å². The van der Waals surface area contributed by atoms with Crippen LogP contribution in [0.4, 0.5) is 18.0 Å². The minimum Gasteiger partial charge on any atom is -0.436 e. The minimum atomic E-state index is -4.79. The third-order valence-corrected chi connectivity index (χ3v) is 6.19. The Balaban J connectivity index is 1.66. The van der Waals surface area contributed by atoms with Gasteiger partial charge in [-0.1, -0.05) is 60.7 Å². The monoisotopic (exact) mass is 501 g/mol. The van der Waals surface area contributed by atoms with Crippen molar-refractivity contribution < 1.29 is 27.8 Å². The molecule has 2 heterocycles. The van der Waals surface area contributed by atoms with E-state index in [1.807, 2.05) is 60.7 Å². The lowest BCUT2D eigenvalue weighted by molar-refractivity contribution is -0.209. The van der Waals surface area contributed by atoms with E-state index in [1.54, 1.807) is 11.5 Å². The predicted molar refractivity (Wildman–Crippen MR) is 125 cm³/mol. The molecule has 4 rings (SSSR count). The van der Waals surface area contributed by atoms with Gasteiger partial charge in [0.05, 0.1) is 18.3 Å². The zero-order chi connectivity index (χ0) is 25.9. The van der Waals surface area contributed by atoms with E-state index >= 15 is 0 Å². The number of amides is 1. The molecule has 1 aromatic heterocycles. The lowest BCUT2D eigenvalue weighted by atomic mass is 9.97. The molecule has 0 aliphatic carbocycles. The highest BCUT2D eigenvalue weighted by molar-refractivity contribution is 5.68. The van der Waals surface area contributed by atoms with Gasteiger partial charge < -0.3 is 14.7 Å². The standard InChI is InChI=1S/C26H26F3N3O4/c1-17-30-21-16-31(25(35)36-22(13-15-33)26(27,28)29)14-12-20(21)24(34)32(17)23(18-8-4-2-5-9-18)19-10-6-3-7-11-19/h2-11,22-23,33H,12-16H2,1H3. The van der Waals surface area contributed by atoms with E-state index in [9.17, 15) is 22.8 Å². The molecule has 1 atom stereocenters. The number of fused-ring (bicyclic) bond motifs is 1. The van der Waals surface area contributed by atoms with Gasteiger partial charge in [-0.15, -0.1) is 0 Å². The van der Waals surface area contributed by atoms with Gasteiger partial charge in [-0.05, 0) is 24.5 Å². The van der Waals surface area contributed by atoms with Gasteiger partial charge in [-0.2, -0.15) is 13.2 Å². The summed E-state index contributed by atoms with van der Waals surface area (Å²) in [5.74, 6) is 0.417. The van der Waals surface area contributed by atoms with Gasteiger partial charge in [0.15, 0.2) is 0 Å². The Hall–Kier alpha value is -3.66. The second-order valence-electron chi connectivity index (χ2n) is 8.58. The summed E-state index contributed by atoms with van der Waals surface area (Å²) in [6, 6.07) is 18.7. The van der Waals surface area contributed by atoms with Crippen LogP contribution in [0.15, 0.2) is 65.5 Å². The Morgan fingerprint density at radius 1 is 1.08 bits per heavy atom. The number of alkyl halides is 3. The van der Waals surface area contributed by atoms with Crippen molar-refractivity contribution in [2.24, 2.45) is 0 Å². The lowest BCUT2D eigenvalue weighted by Crippen LogP contribution is -2.45. The molecule has 1 unspecified atom stereocenters. The van der Waals surface area contributed by atoms with Crippen molar-refractivity contribution >= 4 is 6.09 Å². The van der Waals surface area contributed by atoms with Gasteiger partial charge in [0.25, 0.3) is 5.56 Å². The van der Waals surface area contributed by atoms with Crippen LogP contribution >= 0.6 is 0 Å².